The van der Waals surface area contributed by atoms with Gasteiger partial charge in [-0.1, -0.05) is 27.7 Å². The Balaban J connectivity index is 0. The molecule has 0 amide bonds. The number of methoxy groups -OCH3 is 1. The summed E-state index contributed by atoms with van der Waals surface area (Å²) in [5, 5.41) is 3.04. The first-order chi connectivity index (χ1) is 7.77. The van der Waals surface area contributed by atoms with Crippen LogP contribution in [0.15, 0.2) is 6.20 Å². The molecule has 1 heterocycles. The highest BCUT2D eigenvalue weighted by atomic mass is 16.5. The largest absolute Gasteiger partial charge is 0.467 e. The lowest BCUT2D eigenvalue weighted by atomic mass is 10.2. The molecule has 0 aliphatic carbocycles. The van der Waals surface area contributed by atoms with E-state index in [2.05, 4.69) is 15.3 Å². The Morgan fingerprint density at radius 3 is 2.19 bits per heavy atom. The smallest absolute Gasteiger partial charge is 0.316 e. The van der Waals surface area contributed by atoms with E-state index >= 15 is 0 Å². The van der Waals surface area contributed by atoms with Crippen molar-refractivity contribution in [2.24, 2.45) is 0 Å². The Bertz CT molecular complexity index is 264. The van der Waals surface area contributed by atoms with E-state index in [1.54, 1.807) is 13.3 Å². The Morgan fingerprint density at radius 2 is 1.81 bits per heavy atom. The minimum absolute atomic E-state index is 0.423. The second-order valence-electron chi connectivity index (χ2n) is 2.50. The lowest BCUT2D eigenvalue weighted by Gasteiger charge is -2.04. The molecule has 0 saturated carbocycles. The van der Waals surface area contributed by atoms with Crippen LogP contribution in [0.5, 0.6) is 6.01 Å². The van der Waals surface area contributed by atoms with Crippen LogP contribution in [0, 0.1) is 6.92 Å². The second-order valence-corrected chi connectivity index (χ2v) is 2.50. The van der Waals surface area contributed by atoms with Crippen LogP contribution in [0.1, 0.15) is 39.0 Å². The monoisotopic (exact) mass is 227 g/mol. The van der Waals surface area contributed by atoms with Crippen molar-refractivity contribution in [2.45, 2.75) is 41.2 Å². The van der Waals surface area contributed by atoms with Gasteiger partial charge >= 0.3 is 6.01 Å². The number of rotatable bonds is 3. The van der Waals surface area contributed by atoms with Gasteiger partial charge in [-0.2, -0.15) is 0 Å². The van der Waals surface area contributed by atoms with Gasteiger partial charge in [-0.15, -0.1) is 0 Å². The maximum absolute atomic E-state index is 4.89. The molecule has 0 bridgehead atoms. The summed E-state index contributed by atoms with van der Waals surface area (Å²) >= 11 is 0. The van der Waals surface area contributed by atoms with Crippen LogP contribution in [0.4, 0.5) is 0 Å². The van der Waals surface area contributed by atoms with Crippen LogP contribution in [0.3, 0.4) is 0 Å². The highest BCUT2D eigenvalue weighted by Crippen LogP contribution is 2.07. The lowest BCUT2D eigenvalue weighted by Crippen LogP contribution is -2.08. The number of nitrogens with one attached hydrogen (secondary N) is 1. The molecule has 4 nitrogen and oxygen atoms in total. The van der Waals surface area contributed by atoms with Gasteiger partial charge in [-0.3, -0.25) is 0 Å². The molecule has 0 spiro atoms. The SMILES string of the molecule is CC.CC.CNCc1cnc(OC)nc1C. The maximum atomic E-state index is 4.89. The summed E-state index contributed by atoms with van der Waals surface area (Å²) in [6.45, 7) is 10.7. The minimum atomic E-state index is 0.423. The van der Waals surface area contributed by atoms with Crippen molar-refractivity contribution in [3.63, 3.8) is 0 Å². The summed E-state index contributed by atoms with van der Waals surface area (Å²) in [6, 6.07) is 0.423. The highest BCUT2D eigenvalue weighted by molar-refractivity contribution is 5.17. The van der Waals surface area contributed by atoms with Gasteiger partial charge in [-0.05, 0) is 14.0 Å². The molecule has 94 valence electrons. The van der Waals surface area contributed by atoms with E-state index in [1.807, 2.05) is 41.7 Å². The van der Waals surface area contributed by atoms with Crippen LogP contribution in [-0.4, -0.2) is 24.1 Å². The summed E-state index contributed by atoms with van der Waals surface area (Å²) in [7, 11) is 3.45. The van der Waals surface area contributed by atoms with Gasteiger partial charge < -0.3 is 10.1 Å². The minimum Gasteiger partial charge on any atom is -0.467 e. The Labute approximate surface area is 99.5 Å². The molecule has 0 atom stereocenters. The predicted octanol–water partition coefficient (Wildman–Crippen LogP) is 2.57. The van der Waals surface area contributed by atoms with Crippen molar-refractivity contribution in [3.8, 4) is 6.01 Å². The summed E-state index contributed by atoms with van der Waals surface area (Å²) in [4.78, 5) is 8.14. The van der Waals surface area contributed by atoms with E-state index in [0.717, 1.165) is 17.8 Å². The second kappa shape index (κ2) is 11.9. The third kappa shape index (κ3) is 6.35. The zero-order valence-electron chi connectivity index (χ0n) is 11.6. The first kappa shape index (κ1) is 17.2. The number of nitrogens with zero attached hydrogens (tertiary/aromatic N) is 2. The normalized spacial score (nSPS) is 8.19. The molecule has 0 aromatic carbocycles. The predicted molar refractivity (Wildman–Crippen MR) is 68.8 cm³/mol. The fourth-order valence-electron chi connectivity index (χ4n) is 0.933. The maximum Gasteiger partial charge on any atom is 0.316 e. The fourth-order valence-corrected chi connectivity index (χ4v) is 0.933. The number of aryl methyl sites for hydroxylation is 1. The first-order valence-corrected chi connectivity index (χ1v) is 5.79. The molecule has 0 radical (unpaired) electrons. The number of aromatic nitrogens is 2. The molecule has 1 aromatic rings. The van der Waals surface area contributed by atoms with E-state index in [9.17, 15) is 0 Å². The van der Waals surface area contributed by atoms with Crippen LogP contribution < -0.4 is 10.1 Å². The van der Waals surface area contributed by atoms with Crippen LogP contribution >= 0.6 is 0 Å². The van der Waals surface area contributed by atoms with Crippen molar-refractivity contribution in [1.82, 2.24) is 15.3 Å². The summed E-state index contributed by atoms with van der Waals surface area (Å²) in [6.07, 6.45) is 1.78. The van der Waals surface area contributed by atoms with Gasteiger partial charge in [-0.25, -0.2) is 9.97 Å². The molecule has 4 heteroatoms. The topological polar surface area (TPSA) is 47.0 Å². The van der Waals surface area contributed by atoms with Crippen molar-refractivity contribution < 1.29 is 4.74 Å². The third-order valence-corrected chi connectivity index (χ3v) is 1.61. The Hall–Kier alpha value is -1.16. The van der Waals surface area contributed by atoms with E-state index < -0.39 is 0 Å². The summed E-state index contributed by atoms with van der Waals surface area (Å²) < 4.78 is 4.89. The van der Waals surface area contributed by atoms with Crippen molar-refractivity contribution in [1.29, 1.82) is 0 Å². The zero-order chi connectivity index (χ0) is 13.0. The van der Waals surface area contributed by atoms with E-state index in [0.29, 0.717) is 6.01 Å². The van der Waals surface area contributed by atoms with Gasteiger partial charge in [0.05, 0.1) is 7.11 Å². The molecule has 1 aromatic heterocycles. The summed E-state index contributed by atoms with van der Waals surface area (Å²) in [5.41, 5.74) is 2.05. The zero-order valence-corrected chi connectivity index (χ0v) is 11.6. The van der Waals surface area contributed by atoms with Gasteiger partial charge in [0.2, 0.25) is 0 Å². The van der Waals surface area contributed by atoms with Crippen molar-refractivity contribution in [3.05, 3.63) is 17.5 Å². The molecular formula is C12H25N3O. The molecule has 0 unspecified atom stereocenters. The van der Waals surface area contributed by atoms with E-state index in [1.165, 1.54) is 0 Å². The molecule has 16 heavy (non-hydrogen) atoms. The molecule has 0 fully saturated rings. The van der Waals surface area contributed by atoms with Gasteiger partial charge in [0.15, 0.2) is 0 Å². The fraction of sp³-hybridized carbons (Fsp3) is 0.667. The number of ether oxygens (including phenoxy) is 1. The molecule has 1 rings (SSSR count). The highest BCUT2D eigenvalue weighted by Gasteiger charge is 2.01. The number of hydrogen-bond acceptors (Lipinski definition) is 4. The van der Waals surface area contributed by atoms with Gasteiger partial charge in [0.1, 0.15) is 0 Å². The Morgan fingerprint density at radius 1 is 1.25 bits per heavy atom. The van der Waals surface area contributed by atoms with Gasteiger partial charge in [0.25, 0.3) is 0 Å². The van der Waals surface area contributed by atoms with Crippen LogP contribution in [0.2, 0.25) is 0 Å². The first-order valence-electron chi connectivity index (χ1n) is 5.79. The van der Waals surface area contributed by atoms with Crippen LogP contribution in [0.25, 0.3) is 0 Å². The standard InChI is InChI=1S/C8H13N3O.2C2H6/c1-6-7(4-9-2)5-10-8(11-6)12-3;2*1-2/h5,9H,4H2,1-3H3;2*1-2H3. The van der Waals surface area contributed by atoms with E-state index in [4.69, 9.17) is 4.74 Å². The molecule has 0 saturated heterocycles. The Kier molecular flexibility index (Phi) is 12.8. The molecule has 1 N–H and O–H groups in total. The molecule has 0 aliphatic rings. The third-order valence-electron chi connectivity index (χ3n) is 1.61. The van der Waals surface area contributed by atoms with Crippen LogP contribution in [-0.2, 0) is 6.54 Å². The average Bonchev–Trinajstić information content (AvgIpc) is 2.37. The number of hydrogen-bond donors (Lipinski definition) is 1. The van der Waals surface area contributed by atoms with Gasteiger partial charge in [0, 0.05) is 24.0 Å². The van der Waals surface area contributed by atoms with E-state index in [-0.39, 0.29) is 0 Å². The van der Waals surface area contributed by atoms with Crippen molar-refractivity contribution >= 4 is 0 Å². The lowest BCUT2D eigenvalue weighted by molar-refractivity contribution is 0.378. The summed E-state index contributed by atoms with van der Waals surface area (Å²) in [5.74, 6) is 0. The molecule has 0 aliphatic heterocycles. The quantitative estimate of drug-likeness (QED) is 0.862. The average molecular weight is 227 g/mol. The van der Waals surface area contributed by atoms with Crippen molar-refractivity contribution in [2.75, 3.05) is 14.2 Å². The molecular weight excluding hydrogens is 202 g/mol.